The van der Waals surface area contributed by atoms with E-state index in [2.05, 4.69) is 29.4 Å². The first-order valence-corrected chi connectivity index (χ1v) is 5.75. The van der Waals surface area contributed by atoms with Crippen LogP contribution in [0.25, 0.3) is 10.9 Å². The molecule has 90 valence electrons. The molecule has 2 rings (SSSR count). The number of carbonyl (C=O) groups is 1. The summed E-state index contributed by atoms with van der Waals surface area (Å²) in [4.78, 5) is 14.4. The lowest BCUT2D eigenvalue weighted by Gasteiger charge is -2.03. The molecule has 17 heavy (non-hydrogen) atoms. The first-order chi connectivity index (χ1) is 8.22. The summed E-state index contributed by atoms with van der Waals surface area (Å²) in [5.74, 6) is -0.109. The number of amides is 1. The third-order valence-corrected chi connectivity index (χ3v) is 2.91. The van der Waals surface area contributed by atoms with Gasteiger partial charge < -0.3 is 16.0 Å². The Labute approximate surface area is 100 Å². The second kappa shape index (κ2) is 5.01. The van der Waals surface area contributed by atoms with Gasteiger partial charge in [-0.3, -0.25) is 4.79 Å². The Kier molecular flexibility index (Phi) is 3.44. The maximum atomic E-state index is 11.0. The van der Waals surface area contributed by atoms with E-state index in [-0.39, 0.29) is 12.5 Å². The van der Waals surface area contributed by atoms with Crippen molar-refractivity contribution in [3.63, 3.8) is 0 Å². The molecular formula is C13H17N3O. The van der Waals surface area contributed by atoms with Crippen LogP contribution in [0.3, 0.4) is 0 Å². The number of aryl methyl sites for hydroxylation is 1. The molecule has 0 saturated heterocycles. The van der Waals surface area contributed by atoms with Gasteiger partial charge >= 0.3 is 0 Å². The summed E-state index contributed by atoms with van der Waals surface area (Å²) in [6, 6.07) is 8.19. The first-order valence-electron chi connectivity index (χ1n) is 5.75. The van der Waals surface area contributed by atoms with Crippen molar-refractivity contribution in [3.8, 4) is 0 Å². The topological polar surface area (TPSA) is 70.9 Å². The molecule has 0 saturated carbocycles. The van der Waals surface area contributed by atoms with Gasteiger partial charge in [-0.05, 0) is 25.0 Å². The molecule has 0 bridgehead atoms. The van der Waals surface area contributed by atoms with Crippen LogP contribution in [0.5, 0.6) is 0 Å². The van der Waals surface area contributed by atoms with Crippen LogP contribution in [0.15, 0.2) is 24.3 Å². The maximum Gasteiger partial charge on any atom is 0.233 e. The zero-order valence-electron chi connectivity index (χ0n) is 9.92. The third kappa shape index (κ3) is 2.47. The molecule has 0 atom stereocenters. The highest BCUT2D eigenvalue weighted by Gasteiger charge is 2.07. The van der Waals surface area contributed by atoms with Crippen LogP contribution >= 0.6 is 0 Å². The number of fused-ring (bicyclic) bond motifs is 1. The summed E-state index contributed by atoms with van der Waals surface area (Å²) in [5, 5.41) is 4.01. The average molecular weight is 231 g/mol. The Morgan fingerprint density at radius 1 is 1.41 bits per heavy atom. The lowest BCUT2D eigenvalue weighted by Crippen LogP contribution is -2.31. The smallest absolute Gasteiger partial charge is 0.233 e. The van der Waals surface area contributed by atoms with E-state index in [9.17, 15) is 4.79 Å². The number of hydrogen-bond donors (Lipinski definition) is 3. The minimum Gasteiger partial charge on any atom is -0.358 e. The second-order valence-corrected chi connectivity index (χ2v) is 4.08. The highest BCUT2D eigenvalue weighted by molar-refractivity contribution is 5.84. The van der Waals surface area contributed by atoms with E-state index in [1.165, 1.54) is 10.9 Å². The molecule has 4 N–H and O–H groups in total. The highest BCUT2D eigenvalue weighted by atomic mass is 16.1. The molecule has 0 aliphatic carbocycles. The summed E-state index contributed by atoms with van der Waals surface area (Å²) in [6.07, 6.45) is 0.821. The van der Waals surface area contributed by atoms with Crippen LogP contribution in [0.1, 0.15) is 11.3 Å². The molecule has 2 aromatic rings. The van der Waals surface area contributed by atoms with Gasteiger partial charge in [0.15, 0.2) is 0 Å². The van der Waals surface area contributed by atoms with Crippen molar-refractivity contribution in [1.29, 1.82) is 0 Å². The number of benzene rings is 1. The predicted molar refractivity (Wildman–Crippen MR) is 68.8 cm³/mol. The minimum atomic E-state index is -0.109. The summed E-state index contributed by atoms with van der Waals surface area (Å²) in [5.41, 5.74) is 8.80. The molecule has 1 amide bonds. The number of aromatic amines is 1. The molecule has 0 aliphatic heterocycles. The summed E-state index contributed by atoms with van der Waals surface area (Å²) in [7, 11) is 0. The van der Waals surface area contributed by atoms with Crippen molar-refractivity contribution in [2.45, 2.75) is 13.3 Å². The van der Waals surface area contributed by atoms with E-state index < -0.39 is 0 Å². The monoisotopic (exact) mass is 231 g/mol. The van der Waals surface area contributed by atoms with Crippen LogP contribution in [0, 0.1) is 6.92 Å². The quantitative estimate of drug-likeness (QED) is 0.737. The number of nitrogens with one attached hydrogen (secondary N) is 2. The van der Waals surface area contributed by atoms with Crippen molar-refractivity contribution in [2.24, 2.45) is 5.73 Å². The molecular weight excluding hydrogens is 214 g/mol. The van der Waals surface area contributed by atoms with Crippen molar-refractivity contribution in [3.05, 3.63) is 35.5 Å². The number of aromatic nitrogens is 1. The SMILES string of the molecule is Cc1[nH]c2ccccc2c1CCNC(=O)CN. The first kappa shape index (κ1) is 11.7. The fourth-order valence-electron chi connectivity index (χ4n) is 2.06. The van der Waals surface area contributed by atoms with E-state index in [1.807, 2.05) is 12.1 Å². The van der Waals surface area contributed by atoms with Crippen molar-refractivity contribution >= 4 is 16.8 Å². The standard InChI is InChI=1S/C13H17N3O/c1-9-10(6-7-15-13(17)8-14)11-4-2-3-5-12(11)16-9/h2-5,16H,6-8,14H2,1H3,(H,15,17). The van der Waals surface area contributed by atoms with Gasteiger partial charge in [-0.25, -0.2) is 0 Å². The lowest BCUT2D eigenvalue weighted by molar-refractivity contribution is -0.119. The Hall–Kier alpha value is -1.81. The van der Waals surface area contributed by atoms with Gasteiger partial charge in [0.05, 0.1) is 6.54 Å². The van der Waals surface area contributed by atoms with Gasteiger partial charge in [0, 0.05) is 23.1 Å². The highest BCUT2D eigenvalue weighted by Crippen LogP contribution is 2.21. The van der Waals surface area contributed by atoms with Crippen LogP contribution < -0.4 is 11.1 Å². The van der Waals surface area contributed by atoms with E-state index in [0.29, 0.717) is 6.54 Å². The zero-order chi connectivity index (χ0) is 12.3. The van der Waals surface area contributed by atoms with Gasteiger partial charge in [-0.1, -0.05) is 18.2 Å². The van der Waals surface area contributed by atoms with Crippen molar-refractivity contribution in [2.75, 3.05) is 13.1 Å². The molecule has 0 spiro atoms. The fraction of sp³-hybridized carbons (Fsp3) is 0.308. The molecule has 1 aromatic heterocycles. The Morgan fingerprint density at radius 2 is 2.18 bits per heavy atom. The second-order valence-electron chi connectivity index (χ2n) is 4.08. The number of nitrogens with two attached hydrogens (primary N) is 1. The summed E-state index contributed by atoms with van der Waals surface area (Å²) >= 11 is 0. The van der Waals surface area contributed by atoms with Gasteiger partial charge in [0.1, 0.15) is 0 Å². The predicted octanol–water partition coefficient (Wildman–Crippen LogP) is 1.09. The number of para-hydroxylation sites is 1. The Balaban J connectivity index is 2.12. The van der Waals surface area contributed by atoms with Crippen LogP contribution in [0.4, 0.5) is 0 Å². The van der Waals surface area contributed by atoms with E-state index in [4.69, 9.17) is 5.73 Å². The van der Waals surface area contributed by atoms with Crippen molar-refractivity contribution in [1.82, 2.24) is 10.3 Å². The van der Waals surface area contributed by atoms with Gasteiger partial charge in [0.25, 0.3) is 0 Å². The average Bonchev–Trinajstić information content (AvgIpc) is 2.66. The largest absolute Gasteiger partial charge is 0.358 e. The number of H-pyrrole nitrogens is 1. The van der Waals surface area contributed by atoms with Gasteiger partial charge in [-0.2, -0.15) is 0 Å². The number of carbonyl (C=O) groups excluding carboxylic acids is 1. The maximum absolute atomic E-state index is 11.0. The lowest BCUT2D eigenvalue weighted by atomic mass is 10.1. The molecule has 4 heteroatoms. The van der Waals surface area contributed by atoms with Crippen molar-refractivity contribution < 1.29 is 4.79 Å². The normalized spacial score (nSPS) is 10.7. The Morgan fingerprint density at radius 3 is 2.94 bits per heavy atom. The fourth-order valence-corrected chi connectivity index (χ4v) is 2.06. The number of rotatable bonds is 4. The molecule has 4 nitrogen and oxygen atoms in total. The molecule has 0 unspecified atom stereocenters. The van der Waals surface area contributed by atoms with E-state index in [1.54, 1.807) is 0 Å². The molecule has 1 aromatic carbocycles. The zero-order valence-corrected chi connectivity index (χ0v) is 9.92. The van der Waals surface area contributed by atoms with Crippen LogP contribution in [-0.4, -0.2) is 24.0 Å². The summed E-state index contributed by atoms with van der Waals surface area (Å²) < 4.78 is 0. The van der Waals surface area contributed by atoms with Gasteiger partial charge in [-0.15, -0.1) is 0 Å². The van der Waals surface area contributed by atoms with Crippen LogP contribution in [0.2, 0.25) is 0 Å². The number of hydrogen-bond acceptors (Lipinski definition) is 2. The van der Waals surface area contributed by atoms with E-state index >= 15 is 0 Å². The van der Waals surface area contributed by atoms with Gasteiger partial charge in [0.2, 0.25) is 5.91 Å². The van der Waals surface area contributed by atoms with E-state index in [0.717, 1.165) is 17.6 Å². The summed E-state index contributed by atoms with van der Waals surface area (Å²) in [6.45, 7) is 2.73. The molecule has 0 radical (unpaired) electrons. The minimum absolute atomic E-state index is 0.0485. The molecule has 0 fully saturated rings. The Bertz CT molecular complexity index is 530. The van der Waals surface area contributed by atoms with Crippen LogP contribution in [-0.2, 0) is 11.2 Å². The third-order valence-electron chi connectivity index (χ3n) is 2.91. The molecule has 1 heterocycles. The molecule has 0 aliphatic rings.